The van der Waals surface area contributed by atoms with Crippen LogP contribution >= 0.6 is 0 Å². The van der Waals surface area contributed by atoms with E-state index in [4.69, 9.17) is 0 Å². The standard InChI is InChI=1S/C26H35N5O3/c1-3-28-26(10-4-5-11-26)24(34)31(2)16-21(32)29-19-9-8-17-14-25(15-18(17)13-19)20-7-6-12-27-22(20)30-23(25)33/h6-9,12-13,17-18,21,28-29,32H,3-5,10-11,14-16H2,1-2H3,(H,27,30,33)/t17?,18?,21?,25-/m1/s1. The highest BCUT2D eigenvalue weighted by Gasteiger charge is 2.55. The number of allylic oxidation sites excluding steroid dienone is 3. The van der Waals surface area contributed by atoms with Gasteiger partial charge in [-0.3, -0.25) is 9.59 Å². The largest absolute Gasteiger partial charge is 0.372 e. The van der Waals surface area contributed by atoms with E-state index in [-0.39, 0.29) is 30.2 Å². The molecule has 4 N–H and O–H groups in total. The third kappa shape index (κ3) is 3.82. The number of fused-ring (bicyclic) bond motifs is 3. The highest BCUT2D eigenvalue weighted by Crippen LogP contribution is 2.54. The Morgan fingerprint density at radius 3 is 2.85 bits per heavy atom. The lowest BCUT2D eigenvalue weighted by atomic mass is 9.79. The summed E-state index contributed by atoms with van der Waals surface area (Å²) in [7, 11) is 1.76. The fraction of sp³-hybridized carbons (Fsp3) is 0.577. The van der Waals surface area contributed by atoms with E-state index in [9.17, 15) is 14.7 Å². The van der Waals surface area contributed by atoms with Crippen molar-refractivity contribution in [2.75, 3.05) is 25.5 Å². The van der Waals surface area contributed by atoms with Crippen LogP contribution in [0.2, 0.25) is 0 Å². The van der Waals surface area contributed by atoms with Crippen LogP contribution in [0.3, 0.4) is 0 Å². The second kappa shape index (κ2) is 8.82. The van der Waals surface area contributed by atoms with Crippen LogP contribution in [0.1, 0.15) is 51.0 Å². The molecule has 182 valence electrons. The van der Waals surface area contributed by atoms with Crippen LogP contribution < -0.4 is 16.0 Å². The number of nitrogens with one attached hydrogen (secondary N) is 3. The van der Waals surface area contributed by atoms with Crippen molar-refractivity contribution in [3.05, 3.63) is 47.8 Å². The third-order valence-electron chi connectivity index (χ3n) is 8.13. The fourth-order valence-corrected chi connectivity index (χ4v) is 6.57. The van der Waals surface area contributed by atoms with Crippen LogP contribution in [0.5, 0.6) is 0 Å². The molecule has 4 aliphatic rings. The summed E-state index contributed by atoms with van der Waals surface area (Å²) in [5.74, 6) is 1.24. The van der Waals surface area contributed by atoms with E-state index in [1.807, 2.05) is 25.1 Å². The van der Waals surface area contributed by atoms with Crippen LogP contribution in [0.25, 0.3) is 0 Å². The molecule has 8 nitrogen and oxygen atoms in total. The van der Waals surface area contributed by atoms with E-state index >= 15 is 0 Å². The summed E-state index contributed by atoms with van der Waals surface area (Å²) in [5, 5.41) is 20.2. The number of pyridine rings is 1. The van der Waals surface area contributed by atoms with Crippen molar-refractivity contribution in [3.8, 4) is 0 Å². The summed E-state index contributed by atoms with van der Waals surface area (Å²) in [6.45, 7) is 2.98. The van der Waals surface area contributed by atoms with E-state index in [1.165, 1.54) is 0 Å². The minimum absolute atomic E-state index is 0.0358. The van der Waals surface area contributed by atoms with Crippen molar-refractivity contribution in [2.45, 2.75) is 62.6 Å². The first-order valence-corrected chi connectivity index (χ1v) is 12.5. The van der Waals surface area contributed by atoms with Crippen LogP contribution in [-0.4, -0.2) is 58.7 Å². The average Bonchev–Trinajstić information content (AvgIpc) is 3.51. The average molecular weight is 466 g/mol. The number of nitrogens with zero attached hydrogens (tertiary/aromatic N) is 2. The van der Waals surface area contributed by atoms with E-state index in [1.54, 1.807) is 18.1 Å². The summed E-state index contributed by atoms with van der Waals surface area (Å²) in [5.41, 5.74) is 0.791. The van der Waals surface area contributed by atoms with Gasteiger partial charge in [0, 0.05) is 24.5 Å². The molecule has 3 aliphatic carbocycles. The van der Waals surface area contributed by atoms with Crippen molar-refractivity contribution >= 4 is 17.6 Å². The fourth-order valence-electron chi connectivity index (χ4n) is 6.57. The first-order valence-electron chi connectivity index (χ1n) is 12.5. The molecular weight excluding hydrogens is 430 g/mol. The summed E-state index contributed by atoms with van der Waals surface area (Å²) in [4.78, 5) is 32.1. The second-order valence-electron chi connectivity index (χ2n) is 10.3. The van der Waals surface area contributed by atoms with E-state index < -0.39 is 17.2 Å². The predicted molar refractivity (Wildman–Crippen MR) is 130 cm³/mol. The van der Waals surface area contributed by atoms with Gasteiger partial charge in [0.2, 0.25) is 11.8 Å². The number of aliphatic hydroxyl groups excluding tert-OH is 1. The van der Waals surface area contributed by atoms with E-state index in [2.05, 4.69) is 33.1 Å². The molecule has 5 rings (SSSR count). The molecule has 2 fully saturated rings. The molecule has 2 saturated carbocycles. The molecule has 3 unspecified atom stereocenters. The van der Waals surface area contributed by atoms with Gasteiger partial charge in [0.25, 0.3) is 0 Å². The SMILES string of the molecule is CCNC1(C(=O)N(C)CC(O)NC2=CC3C[C@@]4(CC3C=C2)C(=O)Nc2ncccc24)CCCC1. The summed E-state index contributed by atoms with van der Waals surface area (Å²) in [6, 6.07) is 3.90. The Morgan fingerprint density at radius 2 is 2.09 bits per heavy atom. The number of rotatable bonds is 7. The van der Waals surface area contributed by atoms with Gasteiger partial charge in [0.1, 0.15) is 12.0 Å². The van der Waals surface area contributed by atoms with Gasteiger partial charge in [-0.25, -0.2) is 4.98 Å². The van der Waals surface area contributed by atoms with Gasteiger partial charge in [0.15, 0.2) is 0 Å². The molecule has 34 heavy (non-hydrogen) atoms. The molecule has 1 spiro atoms. The van der Waals surface area contributed by atoms with Crippen LogP contribution in [0, 0.1) is 11.8 Å². The van der Waals surface area contributed by atoms with Crippen LogP contribution in [0.4, 0.5) is 5.82 Å². The van der Waals surface area contributed by atoms with Gasteiger partial charge >= 0.3 is 0 Å². The maximum Gasteiger partial charge on any atom is 0.242 e. The van der Waals surface area contributed by atoms with Crippen molar-refractivity contribution in [1.82, 2.24) is 20.5 Å². The molecule has 8 heteroatoms. The first kappa shape index (κ1) is 23.1. The molecule has 0 saturated heterocycles. The molecule has 2 amide bonds. The highest BCUT2D eigenvalue weighted by atomic mass is 16.3. The van der Waals surface area contributed by atoms with Crippen molar-refractivity contribution in [1.29, 1.82) is 0 Å². The quantitative estimate of drug-likeness (QED) is 0.459. The molecule has 0 aromatic carbocycles. The zero-order valence-electron chi connectivity index (χ0n) is 20.0. The number of aliphatic hydroxyl groups is 1. The zero-order chi connectivity index (χ0) is 23.9. The summed E-state index contributed by atoms with van der Waals surface area (Å²) in [6.07, 6.45) is 12.4. The van der Waals surface area contributed by atoms with E-state index in [0.717, 1.165) is 56.3 Å². The second-order valence-corrected chi connectivity index (χ2v) is 10.3. The Morgan fingerprint density at radius 1 is 1.32 bits per heavy atom. The Balaban J connectivity index is 1.23. The maximum atomic E-state index is 13.2. The molecule has 0 bridgehead atoms. The number of amides is 2. The Hall–Kier alpha value is -2.71. The lowest BCUT2D eigenvalue weighted by molar-refractivity contribution is -0.138. The topological polar surface area (TPSA) is 107 Å². The minimum Gasteiger partial charge on any atom is -0.372 e. The summed E-state index contributed by atoms with van der Waals surface area (Å²) >= 11 is 0. The predicted octanol–water partition coefficient (Wildman–Crippen LogP) is 2.04. The smallest absolute Gasteiger partial charge is 0.242 e. The molecule has 1 aromatic rings. The minimum atomic E-state index is -0.878. The monoisotopic (exact) mass is 465 g/mol. The third-order valence-corrected chi connectivity index (χ3v) is 8.13. The molecule has 1 aromatic heterocycles. The Kier molecular flexibility index (Phi) is 5.98. The first-order chi connectivity index (χ1) is 16.4. The van der Waals surface area contributed by atoms with Gasteiger partial charge in [-0.05, 0) is 56.2 Å². The lowest BCUT2D eigenvalue weighted by Crippen LogP contribution is -2.57. The van der Waals surface area contributed by atoms with Crippen molar-refractivity contribution in [3.63, 3.8) is 0 Å². The van der Waals surface area contributed by atoms with Crippen molar-refractivity contribution < 1.29 is 14.7 Å². The van der Waals surface area contributed by atoms with Gasteiger partial charge in [0.05, 0.1) is 17.5 Å². The van der Waals surface area contributed by atoms with Gasteiger partial charge in [-0.2, -0.15) is 0 Å². The Bertz CT molecular complexity index is 1030. The zero-order valence-corrected chi connectivity index (χ0v) is 20.0. The van der Waals surface area contributed by atoms with Crippen molar-refractivity contribution in [2.24, 2.45) is 11.8 Å². The number of aromatic nitrogens is 1. The van der Waals surface area contributed by atoms with Gasteiger partial charge < -0.3 is 26.0 Å². The normalized spacial score (nSPS) is 29.4. The van der Waals surface area contributed by atoms with E-state index in [0.29, 0.717) is 5.82 Å². The molecule has 4 atom stereocenters. The van der Waals surface area contributed by atoms with Crippen LogP contribution in [0.15, 0.2) is 42.3 Å². The highest BCUT2D eigenvalue weighted by molar-refractivity contribution is 6.05. The number of hydrogen-bond donors (Lipinski definition) is 4. The number of anilines is 1. The molecule has 0 radical (unpaired) electrons. The van der Waals surface area contributed by atoms with Gasteiger partial charge in [-0.15, -0.1) is 0 Å². The number of carbonyl (C=O) groups excluding carboxylic acids is 2. The molecule has 2 heterocycles. The summed E-state index contributed by atoms with van der Waals surface area (Å²) < 4.78 is 0. The number of likely N-dealkylation sites (N-methyl/N-ethyl adjacent to an activating group) is 2. The van der Waals surface area contributed by atoms with Gasteiger partial charge in [-0.1, -0.05) is 38.0 Å². The molecule has 1 aliphatic heterocycles. The molecular formula is C26H35N5O3. The number of hydrogen-bond acceptors (Lipinski definition) is 6. The lowest BCUT2D eigenvalue weighted by Gasteiger charge is -2.34. The Labute approximate surface area is 200 Å². The van der Waals surface area contributed by atoms with Crippen LogP contribution in [-0.2, 0) is 15.0 Å². The maximum absolute atomic E-state index is 13.2. The number of carbonyl (C=O) groups is 2.